The van der Waals surface area contributed by atoms with Crippen molar-refractivity contribution < 1.29 is 5.11 Å². The molecule has 1 aromatic carbocycles. The highest BCUT2D eigenvalue weighted by Gasteiger charge is 2.10. The van der Waals surface area contributed by atoms with E-state index in [1.54, 1.807) is 35.1 Å². The third-order valence-electron chi connectivity index (χ3n) is 2.45. The fourth-order valence-electron chi connectivity index (χ4n) is 1.55. The molecule has 2 heterocycles. The first-order chi connectivity index (χ1) is 9.72. The summed E-state index contributed by atoms with van der Waals surface area (Å²) in [7, 11) is 0. The van der Waals surface area contributed by atoms with Gasteiger partial charge in [0.15, 0.2) is 5.13 Å². The third kappa shape index (κ3) is 2.73. The van der Waals surface area contributed by atoms with E-state index >= 15 is 0 Å². The van der Waals surface area contributed by atoms with Gasteiger partial charge in [-0.3, -0.25) is 0 Å². The number of aromatic nitrogens is 5. The first kappa shape index (κ1) is 12.9. The molecule has 0 bridgehead atoms. The minimum atomic E-state index is 0.205. The highest BCUT2D eigenvalue weighted by molar-refractivity contribution is 7.98. The number of aromatic hydroxyl groups is 1. The Balaban J connectivity index is 1.78. The molecule has 0 saturated carbocycles. The lowest BCUT2D eigenvalue weighted by Gasteiger charge is -2.03. The fraction of sp³-hybridized carbons (Fsp3) is 0.0909. The van der Waals surface area contributed by atoms with Crippen molar-refractivity contribution in [3.63, 3.8) is 0 Å². The van der Waals surface area contributed by atoms with E-state index in [0.717, 1.165) is 10.6 Å². The summed E-state index contributed by atoms with van der Waals surface area (Å²) in [5, 5.41) is 22.1. The van der Waals surface area contributed by atoms with E-state index in [-0.39, 0.29) is 5.75 Å². The van der Waals surface area contributed by atoms with Crippen LogP contribution in [0.3, 0.4) is 0 Å². The number of hydrogen-bond donors (Lipinski definition) is 2. The van der Waals surface area contributed by atoms with Crippen molar-refractivity contribution in [2.24, 2.45) is 0 Å². The Kier molecular flexibility index (Phi) is 3.52. The second kappa shape index (κ2) is 5.47. The molecule has 0 aliphatic rings. The maximum atomic E-state index is 9.29. The zero-order valence-electron chi connectivity index (χ0n) is 10.2. The minimum Gasteiger partial charge on any atom is -0.508 e. The molecule has 0 unspecified atom stereocenters. The van der Waals surface area contributed by atoms with E-state index in [4.69, 9.17) is 5.73 Å². The molecule has 20 heavy (non-hydrogen) atoms. The Bertz CT molecular complexity index is 708. The van der Waals surface area contributed by atoms with Crippen LogP contribution in [-0.2, 0) is 5.75 Å². The fourth-order valence-corrected chi connectivity index (χ4v) is 3.15. The van der Waals surface area contributed by atoms with Crippen LogP contribution in [0.2, 0.25) is 0 Å². The lowest BCUT2D eigenvalue weighted by atomic mass is 10.3. The number of anilines is 1. The molecule has 0 amide bonds. The maximum Gasteiger partial charge on any atom is 0.214 e. The van der Waals surface area contributed by atoms with Gasteiger partial charge in [-0.1, -0.05) is 11.8 Å². The third-order valence-corrected chi connectivity index (χ3v) is 4.43. The molecule has 0 radical (unpaired) electrons. The number of rotatable bonds is 4. The van der Waals surface area contributed by atoms with E-state index in [9.17, 15) is 5.11 Å². The van der Waals surface area contributed by atoms with Gasteiger partial charge in [-0.2, -0.15) is 4.68 Å². The minimum absolute atomic E-state index is 0.205. The predicted octanol–water partition coefficient (Wildman–Crippen LogP) is 1.70. The number of thiazole rings is 1. The van der Waals surface area contributed by atoms with E-state index < -0.39 is 0 Å². The highest BCUT2D eigenvalue weighted by Crippen LogP contribution is 2.26. The summed E-state index contributed by atoms with van der Waals surface area (Å²) >= 11 is 2.95. The van der Waals surface area contributed by atoms with Gasteiger partial charge < -0.3 is 10.8 Å². The summed E-state index contributed by atoms with van der Waals surface area (Å²) in [6, 6.07) is 6.69. The molecule has 3 rings (SSSR count). The molecule has 0 spiro atoms. The van der Waals surface area contributed by atoms with Crippen LogP contribution in [0.15, 0.2) is 35.6 Å². The molecular formula is C11H10N6OS2. The molecule has 2 aromatic heterocycles. The molecule has 0 atom stereocenters. The lowest BCUT2D eigenvalue weighted by molar-refractivity contribution is 0.475. The van der Waals surface area contributed by atoms with Crippen molar-refractivity contribution in [3.05, 3.63) is 35.3 Å². The van der Waals surface area contributed by atoms with Crippen molar-refractivity contribution in [2.45, 2.75) is 10.9 Å². The smallest absolute Gasteiger partial charge is 0.214 e. The van der Waals surface area contributed by atoms with Crippen molar-refractivity contribution in [1.82, 2.24) is 25.2 Å². The monoisotopic (exact) mass is 306 g/mol. The number of tetrazole rings is 1. The topological polar surface area (TPSA) is 103 Å². The van der Waals surface area contributed by atoms with Crippen LogP contribution in [0.4, 0.5) is 5.13 Å². The molecule has 0 aliphatic heterocycles. The summed E-state index contributed by atoms with van der Waals surface area (Å²) in [5.41, 5.74) is 6.38. The molecule has 102 valence electrons. The van der Waals surface area contributed by atoms with Crippen molar-refractivity contribution in [1.29, 1.82) is 0 Å². The lowest BCUT2D eigenvalue weighted by Crippen LogP contribution is -1.98. The Morgan fingerprint density at radius 3 is 2.80 bits per heavy atom. The van der Waals surface area contributed by atoms with Crippen molar-refractivity contribution in [3.8, 4) is 11.4 Å². The number of nitrogens with two attached hydrogens (primary N) is 1. The Labute approximate surface area is 122 Å². The highest BCUT2D eigenvalue weighted by atomic mass is 32.2. The van der Waals surface area contributed by atoms with Crippen LogP contribution in [0.5, 0.6) is 5.75 Å². The normalized spacial score (nSPS) is 10.8. The van der Waals surface area contributed by atoms with Gasteiger partial charge in [0.1, 0.15) is 5.75 Å². The second-order valence-corrected chi connectivity index (χ2v) is 5.93. The van der Waals surface area contributed by atoms with Gasteiger partial charge in [0, 0.05) is 16.8 Å². The number of hydrogen-bond acceptors (Lipinski definition) is 8. The average molecular weight is 306 g/mol. The summed E-state index contributed by atoms with van der Waals surface area (Å²) in [5.74, 6) is 0.906. The van der Waals surface area contributed by atoms with E-state index in [1.807, 2.05) is 0 Å². The quantitative estimate of drug-likeness (QED) is 0.707. The number of benzene rings is 1. The van der Waals surface area contributed by atoms with Crippen LogP contribution in [0.1, 0.15) is 4.88 Å². The molecular weight excluding hydrogens is 296 g/mol. The number of thioether (sulfide) groups is 1. The molecule has 3 N–H and O–H groups in total. The maximum absolute atomic E-state index is 9.29. The predicted molar refractivity (Wildman–Crippen MR) is 76.9 cm³/mol. The van der Waals surface area contributed by atoms with Crippen LogP contribution in [-0.4, -0.2) is 30.3 Å². The first-order valence-corrected chi connectivity index (χ1v) is 7.43. The summed E-state index contributed by atoms with van der Waals surface area (Å²) < 4.78 is 1.62. The van der Waals surface area contributed by atoms with Gasteiger partial charge in [-0.25, -0.2) is 4.98 Å². The number of nitrogen functional groups attached to an aromatic ring is 1. The molecule has 9 heteroatoms. The molecule has 7 nitrogen and oxygen atoms in total. The first-order valence-electron chi connectivity index (χ1n) is 5.63. The van der Waals surface area contributed by atoms with Crippen molar-refractivity contribution >= 4 is 28.2 Å². The number of nitrogens with zero attached hydrogens (tertiary/aromatic N) is 5. The zero-order valence-corrected chi connectivity index (χ0v) is 11.8. The largest absolute Gasteiger partial charge is 0.508 e. The average Bonchev–Trinajstić information content (AvgIpc) is 3.06. The van der Waals surface area contributed by atoms with Gasteiger partial charge in [0.05, 0.1) is 5.69 Å². The van der Waals surface area contributed by atoms with Crippen molar-refractivity contribution in [2.75, 3.05) is 5.73 Å². The van der Waals surface area contributed by atoms with Gasteiger partial charge in [0.25, 0.3) is 0 Å². The van der Waals surface area contributed by atoms with Crippen LogP contribution < -0.4 is 5.73 Å². The van der Waals surface area contributed by atoms with Gasteiger partial charge in [0.2, 0.25) is 5.16 Å². The molecule has 3 aromatic rings. The van der Waals surface area contributed by atoms with Crippen LogP contribution >= 0.6 is 23.1 Å². The Hall–Kier alpha value is -2.13. The van der Waals surface area contributed by atoms with Crippen LogP contribution in [0.25, 0.3) is 5.69 Å². The summed E-state index contributed by atoms with van der Waals surface area (Å²) in [6.45, 7) is 0. The van der Waals surface area contributed by atoms with E-state index in [1.165, 1.54) is 23.1 Å². The van der Waals surface area contributed by atoms with Gasteiger partial charge >= 0.3 is 0 Å². The summed E-state index contributed by atoms with van der Waals surface area (Å²) in [6.07, 6.45) is 1.75. The number of phenols is 1. The standard InChI is InChI=1S/C11H10N6OS2/c12-10-13-5-9(20-10)6-19-11-14-15-16-17(11)7-1-3-8(18)4-2-7/h1-5,18H,6H2,(H2,12,13). The van der Waals surface area contributed by atoms with Gasteiger partial charge in [-0.05, 0) is 34.7 Å². The SMILES string of the molecule is Nc1ncc(CSc2nnnn2-c2ccc(O)cc2)s1. The molecule has 0 fully saturated rings. The second-order valence-electron chi connectivity index (χ2n) is 3.84. The van der Waals surface area contributed by atoms with Gasteiger partial charge in [-0.15, -0.1) is 16.4 Å². The summed E-state index contributed by atoms with van der Waals surface area (Å²) in [4.78, 5) is 5.07. The van der Waals surface area contributed by atoms with Crippen LogP contribution in [0, 0.1) is 0 Å². The molecule has 0 saturated heterocycles. The Morgan fingerprint density at radius 1 is 1.30 bits per heavy atom. The Morgan fingerprint density at radius 2 is 2.10 bits per heavy atom. The number of phenolic OH excluding ortho intramolecular Hbond substituents is 1. The van der Waals surface area contributed by atoms with E-state index in [2.05, 4.69) is 20.5 Å². The zero-order chi connectivity index (χ0) is 13.9. The molecule has 0 aliphatic carbocycles. The van der Waals surface area contributed by atoms with E-state index in [0.29, 0.717) is 16.0 Å².